The van der Waals surface area contributed by atoms with E-state index in [4.69, 9.17) is 22.4 Å². The topological polar surface area (TPSA) is 136 Å². The van der Waals surface area contributed by atoms with E-state index in [1.54, 1.807) is 0 Å². The molecule has 1 rings (SSSR count). The van der Waals surface area contributed by atoms with Gasteiger partial charge in [0.25, 0.3) is 11.6 Å². The second-order valence-electron chi connectivity index (χ2n) is 3.55. The molecule has 0 aliphatic heterocycles. The molecule has 1 atom stereocenters. The van der Waals surface area contributed by atoms with Crippen LogP contribution in [-0.2, 0) is 4.79 Å². The number of rotatable bonds is 5. The van der Waals surface area contributed by atoms with Gasteiger partial charge in [-0.2, -0.15) is 0 Å². The molecular formula is C10H10ClN3O5. The third kappa shape index (κ3) is 3.90. The molecule has 4 N–H and O–H groups in total. The fourth-order valence-corrected chi connectivity index (χ4v) is 1.37. The van der Waals surface area contributed by atoms with Crippen LogP contribution in [0.15, 0.2) is 18.2 Å². The molecule has 1 aromatic carbocycles. The van der Waals surface area contributed by atoms with Crippen LogP contribution in [0.25, 0.3) is 0 Å². The van der Waals surface area contributed by atoms with Crippen molar-refractivity contribution in [2.75, 3.05) is 6.54 Å². The van der Waals surface area contributed by atoms with Gasteiger partial charge >= 0.3 is 0 Å². The molecule has 9 heteroatoms. The van der Waals surface area contributed by atoms with E-state index in [2.05, 4.69) is 5.32 Å². The third-order valence-electron chi connectivity index (χ3n) is 2.19. The SMILES string of the molecule is NC(=O)C(O)CNC(=O)c1ccc(Cl)c([N+](=O)[O-])c1. The van der Waals surface area contributed by atoms with Gasteiger partial charge in [0.1, 0.15) is 11.1 Å². The van der Waals surface area contributed by atoms with Crippen molar-refractivity contribution in [3.05, 3.63) is 38.9 Å². The van der Waals surface area contributed by atoms with Crippen molar-refractivity contribution < 1.29 is 19.6 Å². The van der Waals surface area contributed by atoms with Gasteiger partial charge < -0.3 is 16.2 Å². The molecule has 0 fully saturated rings. The normalized spacial score (nSPS) is 11.7. The molecule has 1 aromatic rings. The number of hydrogen-bond donors (Lipinski definition) is 3. The second kappa shape index (κ2) is 6.12. The maximum absolute atomic E-state index is 11.6. The number of benzene rings is 1. The van der Waals surface area contributed by atoms with Gasteiger partial charge in [-0.1, -0.05) is 11.6 Å². The second-order valence-corrected chi connectivity index (χ2v) is 3.96. The molecule has 19 heavy (non-hydrogen) atoms. The van der Waals surface area contributed by atoms with Crippen LogP contribution >= 0.6 is 11.6 Å². The lowest BCUT2D eigenvalue weighted by Crippen LogP contribution is -2.39. The molecule has 1 unspecified atom stereocenters. The number of carbonyl (C=O) groups excluding carboxylic acids is 2. The minimum absolute atomic E-state index is 0.0206. The highest BCUT2D eigenvalue weighted by Crippen LogP contribution is 2.24. The largest absolute Gasteiger partial charge is 0.381 e. The van der Waals surface area contributed by atoms with E-state index in [9.17, 15) is 19.7 Å². The smallest absolute Gasteiger partial charge is 0.288 e. The summed E-state index contributed by atoms with van der Waals surface area (Å²) in [5.74, 6) is -1.68. The van der Waals surface area contributed by atoms with E-state index in [-0.39, 0.29) is 17.1 Å². The molecule has 0 spiro atoms. The molecule has 0 bridgehead atoms. The first kappa shape index (κ1) is 14.9. The average molecular weight is 288 g/mol. The van der Waals surface area contributed by atoms with Crippen LogP contribution in [0, 0.1) is 10.1 Å². The van der Waals surface area contributed by atoms with Crippen molar-refractivity contribution >= 4 is 29.1 Å². The maximum atomic E-state index is 11.6. The summed E-state index contributed by atoms with van der Waals surface area (Å²) in [6.45, 7) is -0.384. The minimum atomic E-state index is -1.52. The van der Waals surface area contributed by atoms with Gasteiger partial charge in [0.15, 0.2) is 0 Å². The van der Waals surface area contributed by atoms with Crippen LogP contribution in [0.2, 0.25) is 5.02 Å². The van der Waals surface area contributed by atoms with Crippen LogP contribution in [0.3, 0.4) is 0 Å². The Labute approximate surface area is 112 Å². The molecule has 0 saturated heterocycles. The molecule has 8 nitrogen and oxygen atoms in total. The molecule has 102 valence electrons. The molecule has 0 aromatic heterocycles. The van der Waals surface area contributed by atoms with Crippen molar-refractivity contribution in [3.8, 4) is 0 Å². The Morgan fingerprint density at radius 1 is 1.53 bits per heavy atom. The Hall–Kier alpha value is -2.19. The van der Waals surface area contributed by atoms with Gasteiger partial charge in [0.2, 0.25) is 5.91 Å². The molecule has 0 heterocycles. The number of nitrogens with zero attached hydrogens (tertiary/aromatic N) is 1. The van der Waals surface area contributed by atoms with Gasteiger partial charge in [-0.15, -0.1) is 0 Å². The van der Waals surface area contributed by atoms with E-state index in [1.807, 2.05) is 0 Å². The van der Waals surface area contributed by atoms with Crippen LogP contribution in [0.5, 0.6) is 0 Å². The fourth-order valence-electron chi connectivity index (χ4n) is 1.19. The number of nitrogens with one attached hydrogen (secondary N) is 1. The molecule has 2 amide bonds. The zero-order valence-electron chi connectivity index (χ0n) is 9.50. The highest BCUT2D eigenvalue weighted by molar-refractivity contribution is 6.32. The predicted octanol–water partition coefficient (Wildman–Crippen LogP) is -0.176. The summed E-state index contributed by atoms with van der Waals surface area (Å²) in [7, 11) is 0. The number of halogens is 1. The molecule has 0 aliphatic rings. The number of aliphatic hydroxyl groups excluding tert-OH is 1. The van der Waals surface area contributed by atoms with Gasteiger partial charge in [-0.3, -0.25) is 19.7 Å². The number of carbonyl (C=O) groups is 2. The van der Waals surface area contributed by atoms with E-state index in [0.29, 0.717) is 0 Å². The number of primary amides is 1. The van der Waals surface area contributed by atoms with Crippen molar-refractivity contribution in [2.24, 2.45) is 5.73 Å². The summed E-state index contributed by atoms with van der Waals surface area (Å²) in [5.41, 5.74) is 4.36. The van der Waals surface area contributed by atoms with E-state index < -0.39 is 28.5 Å². The first-order valence-corrected chi connectivity index (χ1v) is 5.40. The first-order valence-electron chi connectivity index (χ1n) is 5.02. The Kier molecular flexibility index (Phi) is 4.79. The Balaban J connectivity index is 2.80. The number of hydrogen-bond acceptors (Lipinski definition) is 5. The lowest BCUT2D eigenvalue weighted by molar-refractivity contribution is -0.384. The number of amides is 2. The fraction of sp³-hybridized carbons (Fsp3) is 0.200. The number of nitro groups is 1. The van der Waals surface area contributed by atoms with Crippen LogP contribution in [-0.4, -0.2) is 34.5 Å². The zero-order valence-corrected chi connectivity index (χ0v) is 10.3. The van der Waals surface area contributed by atoms with Gasteiger partial charge in [0.05, 0.1) is 11.5 Å². The van der Waals surface area contributed by atoms with Crippen molar-refractivity contribution in [1.29, 1.82) is 0 Å². The van der Waals surface area contributed by atoms with Crippen LogP contribution in [0.1, 0.15) is 10.4 Å². The van der Waals surface area contributed by atoms with Crippen molar-refractivity contribution in [3.63, 3.8) is 0 Å². The highest BCUT2D eigenvalue weighted by Gasteiger charge is 2.17. The van der Waals surface area contributed by atoms with Gasteiger partial charge in [0, 0.05) is 11.6 Å². The Bertz CT molecular complexity index is 534. The number of nitrogens with two attached hydrogens (primary N) is 1. The molecule has 0 aliphatic carbocycles. The van der Waals surface area contributed by atoms with Gasteiger partial charge in [-0.05, 0) is 12.1 Å². The predicted molar refractivity (Wildman–Crippen MR) is 65.6 cm³/mol. The van der Waals surface area contributed by atoms with E-state index in [0.717, 1.165) is 6.07 Å². The van der Waals surface area contributed by atoms with Crippen molar-refractivity contribution in [1.82, 2.24) is 5.32 Å². The summed E-state index contributed by atoms with van der Waals surface area (Å²) in [4.78, 5) is 32.1. The quantitative estimate of drug-likeness (QED) is 0.510. The van der Waals surface area contributed by atoms with Crippen LogP contribution in [0.4, 0.5) is 5.69 Å². The Morgan fingerprint density at radius 2 is 2.16 bits per heavy atom. The van der Waals surface area contributed by atoms with Crippen molar-refractivity contribution in [2.45, 2.75) is 6.10 Å². The van der Waals surface area contributed by atoms with Gasteiger partial charge in [-0.25, -0.2) is 0 Å². The molecule has 0 radical (unpaired) electrons. The zero-order chi connectivity index (χ0) is 14.6. The summed E-state index contributed by atoms with van der Waals surface area (Å²) in [6.07, 6.45) is -1.52. The Morgan fingerprint density at radius 3 is 2.68 bits per heavy atom. The summed E-state index contributed by atoms with van der Waals surface area (Å²) >= 11 is 5.59. The standard InChI is InChI=1S/C10H10ClN3O5/c11-6-2-1-5(3-7(6)14(18)19)10(17)13-4-8(15)9(12)16/h1-3,8,15H,4H2,(H2,12,16)(H,13,17). The molecular weight excluding hydrogens is 278 g/mol. The number of nitro benzene ring substituents is 1. The van der Waals surface area contributed by atoms with Crippen LogP contribution < -0.4 is 11.1 Å². The number of aliphatic hydroxyl groups is 1. The third-order valence-corrected chi connectivity index (χ3v) is 2.51. The first-order chi connectivity index (χ1) is 8.82. The summed E-state index contributed by atoms with van der Waals surface area (Å²) in [6, 6.07) is 3.48. The summed E-state index contributed by atoms with van der Waals surface area (Å²) < 4.78 is 0. The van der Waals surface area contributed by atoms with E-state index in [1.165, 1.54) is 12.1 Å². The summed E-state index contributed by atoms with van der Waals surface area (Å²) in [5, 5.41) is 21.8. The lowest BCUT2D eigenvalue weighted by Gasteiger charge is -2.08. The maximum Gasteiger partial charge on any atom is 0.288 e. The lowest BCUT2D eigenvalue weighted by atomic mass is 10.2. The monoisotopic (exact) mass is 287 g/mol. The molecule has 0 saturated carbocycles. The highest BCUT2D eigenvalue weighted by atomic mass is 35.5. The van der Waals surface area contributed by atoms with E-state index >= 15 is 0 Å². The minimum Gasteiger partial charge on any atom is -0.381 e. The average Bonchev–Trinajstić information content (AvgIpc) is 2.35.